The van der Waals surface area contributed by atoms with Gasteiger partial charge in [-0.15, -0.1) is 11.3 Å². The van der Waals surface area contributed by atoms with E-state index in [4.69, 9.17) is 0 Å². The molecule has 0 bridgehead atoms. The lowest BCUT2D eigenvalue weighted by atomic mass is 10.1. The van der Waals surface area contributed by atoms with E-state index in [0.29, 0.717) is 0 Å². The van der Waals surface area contributed by atoms with E-state index in [0.717, 1.165) is 36.9 Å². The van der Waals surface area contributed by atoms with Crippen LogP contribution >= 0.6 is 11.3 Å². The number of hydrogen-bond donors (Lipinski definition) is 3. The van der Waals surface area contributed by atoms with Crippen molar-refractivity contribution in [2.75, 3.05) is 20.1 Å². The molecular formula is C18H23N5S. The molecule has 0 aliphatic carbocycles. The number of nitrogens with zero attached hydrogens (tertiary/aromatic N) is 2. The van der Waals surface area contributed by atoms with E-state index in [2.05, 4.69) is 63.0 Å². The van der Waals surface area contributed by atoms with Gasteiger partial charge in [0.15, 0.2) is 5.96 Å². The minimum absolute atomic E-state index is 0.833. The third kappa shape index (κ3) is 4.14. The Balaban J connectivity index is 1.44. The van der Waals surface area contributed by atoms with Gasteiger partial charge in [0.05, 0.1) is 5.01 Å². The van der Waals surface area contributed by atoms with Crippen LogP contribution in [0.3, 0.4) is 0 Å². The van der Waals surface area contributed by atoms with Gasteiger partial charge in [-0.1, -0.05) is 18.2 Å². The number of fused-ring (bicyclic) bond motifs is 1. The molecule has 2 aromatic heterocycles. The molecule has 0 atom stereocenters. The minimum atomic E-state index is 0.833. The Hall–Kier alpha value is -2.34. The number of rotatable bonds is 6. The van der Waals surface area contributed by atoms with Gasteiger partial charge >= 0.3 is 0 Å². The van der Waals surface area contributed by atoms with Crippen molar-refractivity contribution in [3.05, 3.63) is 52.1 Å². The Morgan fingerprint density at radius 3 is 2.75 bits per heavy atom. The lowest BCUT2D eigenvalue weighted by Gasteiger charge is -2.11. The lowest BCUT2D eigenvalue weighted by molar-refractivity contribution is 0.783. The zero-order valence-corrected chi connectivity index (χ0v) is 14.9. The van der Waals surface area contributed by atoms with Crippen molar-refractivity contribution in [2.24, 2.45) is 4.99 Å². The zero-order chi connectivity index (χ0) is 16.8. The quantitative estimate of drug-likeness (QED) is 0.477. The van der Waals surface area contributed by atoms with E-state index < -0.39 is 0 Å². The molecular weight excluding hydrogens is 318 g/mol. The Morgan fingerprint density at radius 2 is 2.00 bits per heavy atom. The molecule has 2 heterocycles. The lowest BCUT2D eigenvalue weighted by Crippen LogP contribution is -2.39. The standard InChI is InChI=1S/C18H23N5S/c1-13-11-23-17(24-13)8-10-21-18(19-2)20-9-7-14-12-22-16-6-4-3-5-15(14)16/h3-6,11-12,22H,7-10H2,1-2H3,(H2,19,20,21). The van der Waals surface area contributed by atoms with E-state index in [1.807, 2.05) is 6.20 Å². The summed E-state index contributed by atoms with van der Waals surface area (Å²) in [6.45, 7) is 3.76. The number of thiazole rings is 1. The number of nitrogens with one attached hydrogen (secondary N) is 3. The Labute approximate surface area is 146 Å². The molecule has 0 aliphatic heterocycles. The van der Waals surface area contributed by atoms with Gasteiger partial charge in [-0.3, -0.25) is 4.99 Å². The van der Waals surface area contributed by atoms with Crippen molar-refractivity contribution in [3.8, 4) is 0 Å². The van der Waals surface area contributed by atoms with E-state index in [-0.39, 0.29) is 0 Å². The highest BCUT2D eigenvalue weighted by Gasteiger charge is 2.04. The van der Waals surface area contributed by atoms with Crippen LogP contribution in [0.2, 0.25) is 0 Å². The molecule has 0 amide bonds. The van der Waals surface area contributed by atoms with Crippen LogP contribution in [0, 0.1) is 6.92 Å². The summed E-state index contributed by atoms with van der Waals surface area (Å²) >= 11 is 1.75. The summed E-state index contributed by atoms with van der Waals surface area (Å²) in [6.07, 6.45) is 5.89. The third-order valence-corrected chi connectivity index (χ3v) is 4.86. The fourth-order valence-corrected chi connectivity index (χ4v) is 3.47. The van der Waals surface area contributed by atoms with Crippen molar-refractivity contribution in [2.45, 2.75) is 19.8 Å². The molecule has 6 heteroatoms. The smallest absolute Gasteiger partial charge is 0.191 e. The van der Waals surface area contributed by atoms with Gasteiger partial charge in [0, 0.05) is 54.7 Å². The van der Waals surface area contributed by atoms with Crippen molar-refractivity contribution in [1.29, 1.82) is 0 Å². The van der Waals surface area contributed by atoms with E-state index in [1.54, 1.807) is 18.4 Å². The SMILES string of the molecule is CN=C(NCCc1ncc(C)s1)NCCc1c[nH]c2ccccc12. The normalized spacial score (nSPS) is 11.8. The molecule has 0 saturated heterocycles. The second-order valence-corrected chi connectivity index (χ2v) is 6.97. The monoisotopic (exact) mass is 341 g/mol. The molecule has 24 heavy (non-hydrogen) atoms. The van der Waals surface area contributed by atoms with Crippen LogP contribution < -0.4 is 10.6 Å². The number of H-pyrrole nitrogens is 1. The van der Waals surface area contributed by atoms with Crippen LogP contribution in [-0.4, -0.2) is 36.1 Å². The molecule has 5 nitrogen and oxygen atoms in total. The van der Waals surface area contributed by atoms with Crippen molar-refractivity contribution < 1.29 is 0 Å². The highest BCUT2D eigenvalue weighted by Crippen LogP contribution is 2.17. The molecule has 3 rings (SSSR count). The third-order valence-electron chi connectivity index (χ3n) is 3.89. The van der Waals surface area contributed by atoms with Crippen molar-refractivity contribution >= 4 is 28.2 Å². The summed E-state index contributed by atoms with van der Waals surface area (Å²) in [4.78, 5) is 13.2. The number of aromatic nitrogens is 2. The average molecular weight is 341 g/mol. The van der Waals surface area contributed by atoms with Gasteiger partial charge in [-0.05, 0) is 25.0 Å². The van der Waals surface area contributed by atoms with Gasteiger partial charge in [-0.25, -0.2) is 4.98 Å². The molecule has 0 spiro atoms. The van der Waals surface area contributed by atoms with Gasteiger partial charge in [0.2, 0.25) is 0 Å². The summed E-state index contributed by atoms with van der Waals surface area (Å²) < 4.78 is 0. The predicted molar refractivity (Wildman–Crippen MR) is 102 cm³/mol. The number of aryl methyl sites for hydroxylation is 1. The first-order valence-electron chi connectivity index (χ1n) is 8.17. The highest BCUT2D eigenvalue weighted by atomic mass is 32.1. The molecule has 1 aromatic carbocycles. The Kier molecular flexibility index (Phi) is 5.48. The number of aromatic amines is 1. The summed E-state index contributed by atoms with van der Waals surface area (Å²) in [6, 6.07) is 8.39. The Morgan fingerprint density at radius 1 is 1.21 bits per heavy atom. The first-order valence-corrected chi connectivity index (χ1v) is 8.98. The van der Waals surface area contributed by atoms with Crippen LogP contribution in [0.4, 0.5) is 0 Å². The van der Waals surface area contributed by atoms with Crippen LogP contribution in [-0.2, 0) is 12.8 Å². The maximum absolute atomic E-state index is 4.38. The summed E-state index contributed by atoms with van der Waals surface area (Å²) in [7, 11) is 1.80. The molecule has 3 N–H and O–H groups in total. The average Bonchev–Trinajstić information content (AvgIpc) is 3.20. The first kappa shape index (κ1) is 16.5. The summed E-state index contributed by atoms with van der Waals surface area (Å²) in [5, 5.41) is 9.17. The molecule has 0 unspecified atom stereocenters. The molecule has 0 saturated carbocycles. The van der Waals surface area contributed by atoms with E-state index >= 15 is 0 Å². The molecule has 0 fully saturated rings. The van der Waals surface area contributed by atoms with Gasteiger partial charge in [0.1, 0.15) is 0 Å². The second kappa shape index (κ2) is 7.97. The topological polar surface area (TPSA) is 65.1 Å². The number of hydrogen-bond acceptors (Lipinski definition) is 3. The maximum Gasteiger partial charge on any atom is 0.191 e. The first-order chi connectivity index (χ1) is 11.8. The van der Waals surface area contributed by atoms with Crippen LogP contribution in [0.5, 0.6) is 0 Å². The minimum Gasteiger partial charge on any atom is -0.361 e. The number of para-hydroxylation sites is 1. The second-order valence-electron chi connectivity index (χ2n) is 5.65. The van der Waals surface area contributed by atoms with Crippen molar-refractivity contribution in [1.82, 2.24) is 20.6 Å². The fourth-order valence-electron chi connectivity index (χ4n) is 2.68. The molecule has 0 radical (unpaired) electrons. The molecule has 126 valence electrons. The summed E-state index contributed by atoms with van der Waals surface area (Å²) in [5.41, 5.74) is 2.51. The largest absolute Gasteiger partial charge is 0.361 e. The van der Waals surface area contributed by atoms with Gasteiger partial charge < -0.3 is 15.6 Å². The van der Waals surface area contributed by atoms with Crippen molar-refractivity contribution in [3.63, 3.8) is 0 Å². The van der Waals surface area contributed by atoms with Crippen LogP contribution in [0.25, 0.3) is 10.9 Å². The maximum atomic E-state index is 4.38. The zero-order valence-electron chi connectivity index (χ0n) is 14.1. The predicted octanol–water partition coefficient (Wildman–Crippen LogP) is 2.88. The summed E-state index contributed by atoms with van der Waals surface area (Å²) in [5.74, 6) is 0.836. The van der Waals surface area contributed by atoms with E-state index in [1.165, 1.54) is 21.3 Å². The molecule has 0 aliphatic rings. The number of guanidine groups is 1. The number of aliphatic imine (C=N–C) groups is 1. The highest BCUT2D eigenvalue weighted by molar-refractivity contribution is 7.11. The number of benzene rings is 1. The van der Waals surface area contributed by atoms with Crippen LogP contribution in [0.15, 0.2) is 41.7 Å². The van der Waals surface area contributed by atoms with Gasteiger partial charge in [-0.2, -0.15) is 0 Å². The fraction of sp³-hybridized carbons (Fsp3) is 0.333. The molecule has 3 aromatic rings. The van der Waals surface area contributed by atoms with Gasteiger partial charge in [0.25, 0.3) is 0 Å². The van der Waals surface area contributed by atoms with Crippen LogP contribution in [0.1, 0.15) is 15.4 Å². The van der Waals surface area contributed by atoms with E-state index in [9.17, 15) is 0 Å². The Bertz CT molecular complexity index is 818.